The second-order valence-corrected chi connectivity index (χ2v) is 4.15. The normalized spacial score (nSPS) is 17.1. The van der Waals surface area contributed by atoms with Gasteiger partial charge in [-0.3, -0.25) is 19.9 Å². The van der Waals surface area contributed by atoms with E-state index >= 15 is 0 Å². The second kappa shape index (κ2) is 5.65. The van der Waals surface area contributed by atoms with E-state index in [-0.39, 0.29) is 5.91 Å². The molecule has 0 aliphatic carbocycles. The van der Waals surface area contributed by atoms with Crippen LogP contribution in [0.4, 0.5) is 0 Å². The van der Waals surface area contributed by atoms with E-state index in [0.717, 1.165) is 13.0 Å². The van der Waals surface area contributed by atoms with Crippen LogP contribution in [0.5, 0.6) is 0 Å². The molecule has 1 aromatic heterocycles. The van der Waals surface area contributed by atoms with E-state index in [1.54, 1.807) is 6.07 Å². The standard InChI is InChI=1S/C11H16N4O3/c12-14-11(17)8-2-5-18-9(8)6-15-4-1-3-13-10(16)7-15/h2,5H,1,3-4,6-7,12H2,(H,13,16)(H,14,17). The van der Waals surface area contributed by atoms with Gasteiger partial charge in [0, 0.05) is 13.1 Å². The van der Waals surface area contributed by atoms with Gasteiger partial charge in [0.05, 0.1) is 24.9 Å². The van der Waals surface area contributed by atoms with Crippen molar-refractivity contribution in [1.82, 2.24) is 15.6 Å². The van der Waals surface area contributed by atoms with Crippen LogP contribution >= 0.6 is 0 Å². The van der Waals surface area contributed by atoms with Gasteiger partial charge in [-0.25, -0.2) is 5.84 Å². The largest absolute Gasteiger partial charge is 0.467 e. The van der Waals surface area contributed by atoms with Crippen molar-refractivity contribution >= 4 is 11.8 Å². The van der Waals surface area contributed by atoms with Crippen molar-refractivity contribution in [3.8, 4) is 0 Å². The summed E-state index contributed by atoms with van der Waals surface area (Å²) >= 11 is 0. The molecule has 1 aliphatic rings. The monoisotopic (exact) mass is 252 g/mol. The summed E-state index contributed by atoms with van der Waals surface area (Å²) < 4.78 is 5.28. The van der Waals surface area contributed by atoms with E-state index in [1.807, 2.05) is 4.90 Å². The molecule has 0 spiro atoms. The van der Waals surface area contributed by atoms with Crippen molar-refractivity contribution in [3.05, 3.63) is 23.7 Å². The number of nitrogen functional groups attached to an aromatic ring is 1. The lowest BCUT2D eigenvalue weighted by molar-refractivity contribution is -0.121. The minimum atomic E-state index is -0.391. The highest BCUT2D eigenvalue weighted by Crippen LogP contribution is 2.14. The number of nitrogens with one attached hydrogen (secondary N) is 2. The van der Waals surface area contributed by atoms with Gasteiger partial charge in [0.15, 0.2) is 0 Å². The van der Waals surface area contributed by atoms with Crippen LogP contribution in [0.2, 0.25) is 0 Å². The minimum absolute atomic E-state index is 0.0103. The highest BCUT2D eigenvalue weighted by molar-refractivity contribution is 5.94. The van der Waals surface area contributed by atoms with Gasteiger partial charge in [0.25, 0.3) is 5.91 Å². The van der Waals surface area contributed by atoms with E-state index in [2.05, 4.69) is 10.7 Å². The number of rotatable bonds is 3. The molecule has 2 rings (SSSR count). The lowest BCUT2D eigenvalue weighted by Gasteiger charge is -2.17. The van der Waals surface area contributed by atoms with Crippen molar-refractivity contribution in [2.24, 2.45) is 5.84 Å². The Hall–Kier alpha value is -1.86. The number of hydrazine groups is 1. The van der Waals surface area contributed by atoms with Gasteiger partial charge in [-0.05, 0) is 12.5 Å². The Bertz CT molecular complexity index is 443. The molecule has 0 radical (unpaired) electrons. The van der Waals surface area contributed by atoms with E-state index in [0.29, 0.717) is 31.0 Å². The molecule has 0 saturated carbocycles. The van der Waals surface area contributed by atoms with Crippen molar-refractivity contribution in [2.45, 2.75) is 13.0 Å². The average Bonchev–Trinajstić information content (AvgIpc) is 2.71. The van der Waals surface area contributed by atoms with Gasteiger partial charge in [-0.15, -0.1) is 0 Å². The molecular formula is C11H16N4O3. The zero-order valence-corrected chi connectivity index (χ0v) is 9.94. The summed E-state index contributed by atoms with van der Waals surface area (Å²) in [6.45, 7) is 2.19. The Kier molecular flexibility index (Phi) is 3.96. The first kappa shape index (κ1) is 12.6. The number of hydrogen-bond acceptors (Lipinski definition) is 5. The Morgan fingerprint density at radius 1 is 1.61 bits per heavy atom. The van der Waals surface area contributed by atoms with Crippen LogP contribution in [0.25, 0.3) is 0 Å². The number of amides is 2. The van der Waals surface area contributed by atoms with Crippen LogP contribution in [0, 0.1) is 0 Å². The average molecular weight is 252 g/mol. The Labute approximate surface area is 104 Å². The van der Waals surface area contributed by atoms with Crippen LogP contribution in [0.1, 0.15) is 22.5 Å². The third-order valence-electron chi connectivity index (χ3n) is 2.83. The molecule has 18 heavy (non-hydrogen) atoms. The Balaban J connectivity index is 2.06. The van der Waals surface area contributed by atoms with E-state index in [9.17, 15) is 9.59 Å². The second-order valence-electron chi connectivity index (χ2n) is 4.15. The van der Waals surface area contributed by atoms with Gasteiger partial charge in [-0.2, -0.15) is 0 Å². The maximum absolute atomic E-state index is 11.5. The number of carbonyl (C=O) groups is 2. The first-order valence-corrected chi connectivity index (χ1v) is 5.77. The number of furan rings is 1. The fraction of sp³-hybridized carbons (Fsp3) is 0.455. The zero-order valence-electron chi connectivity index (χ0n) is 9.94. The zero-order chi connectivity index (χ0) is 13.0. The van der Waals surface area contributed by atoms with Gasteiger partial charge in [-0.1, -0.05) is 0 Å². The quantitative estimate of drug-likeness (QED) is 0.371. The smallest absolute Gasteiger partial charge is 0.268 e. The first-order chi connectivity index (χ1) is 8.70. The van der Waals surface area contributed by atoms with Crippen LogP contribution in [-0.4, -0.2) is 36.3 Å². The molecule has 7 nitrogen and oxygen atoms in total. The minimum Gasteiger partial charge on any atom is -0.467 e. The highest BCUT2D eigenvalue weighted by atomic mass is 16.3. The van der Waals surface area contributed by atoms with Crippen LogP contribution < -0.4 is 16.6 Å². The summed E-state index contributed by atoms with van der Waals surface area (Å²) in [6.07, 6.45) is 2.32. The SMILES string of the molecule is NNC(=O)c1ccoc1CN1CCCNC(=O)C1. The predicted octanol–water partition coefficient (Wildman–Crippen LogP) is -0.795. The molecule has 1 aliphatic heterocycles. The molecule has 2 amide bonds. The maximum atomic E-state index is 11.5. The maximum Gasteiger partial charge on any atom is 0.268 e. The number of hydrogen-bond donors (Lipinski definition) is 3. The van der Waals surface area contributed by atoms with Crippen LogP contribution in [0.3, 0.4) is 0 Å². The lowest BCUT2D eigenvalue weighted by Crippen LogP contribution is -2.34. The van der Waals surface area contributed by atoms with Gasteiger partial charge in [0.2, 0.25) is 5.91 Å². The molecule has 1 fully saturated rings. The summed E-state index contributed by atoms with van der Waals surface area (Å²) in [4.78, 5) is 24.8. The Morgan fingerprint density at radius 3 is 3.22 bits per heavy atom. The molecule has 1 aromatic rings. The number of carbonyl (C=O) groups excluding carboxylic acids is 2. The Morgan fingerprint density at radius 2 is 2.44 bits per heavy atom. The first-order valence-electron chi connectivity index (χ1n) is 5.77. The predicted molar refractivity (Wildman–Crippen MR) is 63.3 cm³/mol. The molecule has 0 atom stereocenters. The summed E-state index contributed by atoms with van der Waals surface area (Å²) in [5.74, 6) is 5.21. The molecular weight excluding hydrogens is 236 g/mol. The fourth-order valence-electron chi connectivity index (χ4n) is 1.95. The molecule has 0 bridgehead atoms. The number of nitrogens with zero attached hydrogens (tertiary/aromatic N) is 1. The summed E-state index contributed by atoms with van der Waals surface area (Å²) in [5.41, 5.74) is 2.47. The van der Waals surface area contributed by atoms with Crippen LogP contribution in [-0.2, 0) is 11.3 Å². The van der Waals surface area contributed by atoms with Crippen molar-refractivity contribution in [2.75, 3.05) is 19.6 Å². The molecule has 1 saturated heterocycles. The van der Waals surface area contributed by atoms with Gasteiger partial charge >= 0.3 is 0 Å². The third kappa shape index (κ3) is 2.88. The number of nitrogens with two attached hydrogens (primary N) is 1. The summed E-state index contributed by atoms with van der Waals surface area (Å²) in [6, 6.07) is 1.56. The molecule has 0 aromatic carbocycles. The fourth-order valence-corrected chi connectivity index (χ4v) is 1.95. The van der Waals surface area contributed by atoms with Gasteiger partial charge in [0.1, 0.15) is 5.76 Å². The topological polar surface area (TPSA) is 101 Å². The lowest BCUT2D eigenvalue weighted by atomic mass is 10.2. The van der Waals surface area contributed by atoms with Crippen molar-refractivity contribution < 1.29 is 14.0 Å². The van der Waals surface area contributed by atoms with Gasteiger partial charge < -0.3 is 9.73 Å². The molecule has 7 heteroatoms. The van der Waals surface area contributed by atoms with Crippen molar-refractivity contribution in [3.63, 3.8) is 0 Å². The highest BCUT2D eigenvalue weighted by Gasteiger charge is 2.19. The molecule has 98 valence electrons. The van der Waals surface area contributed by atoms with Crippen molar-refractivity contribution in [1.29, 1.82) is 0 Å². The molecule has 0 unspecified atom stereocenters. The summed E-state index contributed by atoms with van der Waals surface area (Å²) in [5, 5.41) is 2.79. The van der Waals surface area contributed by atoms with E-state index in [4.69, 9.17) is 10.3 Å². The third-order valence-corrected chi connectivity index (χ3v) is 2.83. The van der Waals surface area contributed by atoms with E-state index in [1.165, 1.54) is 6.26 Å². The van der Waals surface area contributed by atoms with E-state index < -0.39 is 5.91 Å². The molecule has 2 heterocycles. The summed E-state index contributed by atoms with van der Waals surface area (Å²) in [7, 11) is 0. The van der Waals surface area contributed by atoms with Crippen LogP contribution in [0.15, 0.2) is 16.7 Å². The molecule has 4 N–H and O–H groups in total.